The largest absolute Gasteiger partial charge is 0.342 e. The van der Waals surface area contributed by atoms with Gasteiger partial charge in [0.2, 0.25) is 0 Å². The van der Waals surface area contributed by atoms with Crippen LogP contribution in [0.2, 0.25) is 0 Å². The molecule has 1 fully saturated rings. The minimum absolute atomic E-state index is 0.00465. The van der Waals surface area contributed by atoms with Gasteiger partial charge in [0.15, 0.2) is 0 Å². The summed E-state index contributed by atoms with van der Waals surface area (Å²) in [4.78, 5) is 21.4. The van der Waals surface area contributed by atoms with Gasteiger partial charge in [0.25, 0.3) is 5.91 Å². The van der Waals surface area contributed by atoms with Gasteiger partial charge in [-0.05, 0) is 50.2 Å². The van der Waals surface area contributed by atoms with E-state index in [-0.39, 0.29) is 11.9 Å². The van der Waals surface area contributed by atoms with Crippen molar-refractivity contribution in [2.75, 3.05) is 0 Å². The first-order valence-electron chi connectivity index (χ1n) is 7.85. The molecule has 0 spiro atoms. The second-order valence-electron chi connectivity index (χ2n) is 5.87. The quantitative estimate of drug-likeness (QED) is 0.884. The molecule has 0 aromatic carbocycles. The Kier molecular flexibility index (Phi) is 4.52. The monoisotopic (exact) mass is 315 g/mol. The van der Waals surface area contributed by atoms with Crippen LogP contribution >= 0.6 is 11.3 Å². The first kappa shape index (κ1) is 15.2. The first-order valence-corrected chi connectivity index (χ1v) is 8.73. The Morgan fingerprint density at radius 2 is 2.32 bits per heavy atom. The van der Waals surface area contributed by atoms with Gasteiger partial charge in [-0.25, -0.2) is 4.98 Å². The van der Waals surface area contributed by atoms with E-state index in [0.717, 1.165) is 41.9 Å². The molecule has 1 amide bonds. The third-order valence-corrected chi connectivity index (χ3v) is 4.88. The van der Waals surface area contributed by atoms with Crippen molar-refractivity contribution < 1.29 is 4.79 Å². The molecule has 2 aromatic rings. The maximum Gasteiger partial charge on any atom is 0.271 e. The highest BCUT2D eigenvalue weighted by Crippen LogP contribution is 2.41. The molecule has 1 saturated carbocycles. The van der Waals surface area contributed by atoms with Crippen molar-refractivity contribution in [2.45, 2.75) is 45.6 Å². The van der Waals surface area contributed by atoms with Crippen molar-refractivity contribution in [3.63, 3.8) is 0 Å². The summed E-state index contributed by atoms with van der Waals surface area (Å²) >= 11 is 1.56. The van der Waals surface area contributed by atoms with Gasteiger partial charge < -0.3 is 5.32 Å². The number of rotatable bonds is 6. The first-order chi connectivity index (χ1) is 10.7. The van der Waals surface area contributed by atoms with Crippen molar-refractivity contribution >= 4 is 17.2 Å². The number of aromatic nitrogens is 2. The number of amides is 1. The second-order valence-corrected chi connectivity index (χ2v) is 6.81. The van der Waals surface area contributed by atoms with E-state index in [1.165, 1.54) is 0 Å². The summed E-state index contributed by atoms with van der Waals surface area (Å²) in [6.07, 6.45) is 6.08. The molecule has 3 rings (SSSR count). The van der Waals surface area contributed by atoms with E-state index >= 15 is 0 Å². The van der Waals surface area contributed by atoms with Gasteiger partial charge in [0.05, 0.1) is 16.7 Å². The maximum atomic E-state index is 12.5. The van der Waals surface area contributed by atoms with Gasteiger partial charge >= 0.3 is 0 Å². The Hall–Kier alpha value is -1.75. The summed E-state index contributed by atoms with van der Waals surface area (Å²) in [7, 11) is 0. The van der Waals surface area contributed by atoms with Crippen molar-refractivity contribution in [1.82, 2.24) is 15.3 Å². The topological polar surface area (TPSA) is 54.9 Å². The highest BCUT2D eigenvalue weighted by molar-refractivity contribution is 7.09. The van der Waals surface area contributed by atoms with Crippen LogP contribution in [0.5, 0.6) is 0 Å². The zero-order valence-electron chi connectivity index (χ0n) is 13.0. The van der Waals surface area contributed by atoms with E-state index in [0.29, 0.717) is 11.6 Å². The lowest BCUT2D eigenvalue weighted by molar-refractivity contribution is 0.0926. The molecule has 1 atom stereocenters. The predicted molar refractivity (Wildman–Crippen MR) is 88.0 cm³/mol. The molecule has 4 nitrogen and oxygen atoms in total. The zero-order valence-corrected chi connectivity index (χ0v) is 13.8. The van der Waals surface area contributed by atoms with E-state index in [9.17, 15) is 4.79 Å². The van der Waals surface area contributed by atoms with Gasteiger partial charge in [0, 0.05) is 11.6 Å². The SMILES string of the molecule is CCCc1nc(C(=O)N[C@H](c2ncccc2C)C2CC2)cs1. The van der Waals surface area contributed by atoms with Crippen LogP contribution in [-0.2, 0) is 6.42 Å². The van der Waals surface area contributed by atoms with Gasteiger partial charge in [0.1, 0.15) is 5.69 Å². The molecule has 0 aliphatic heterocycles. The predicted octanol–water partition coefficient (Wildman–Crippen LogP) is 3.68. The van der Waals surface area contributed by atoms with Gasteiger partial charge in [-0.2, -0.15) is 0 Å². The molecule has 0 radical (unpaired) electrons. The van der Waals surface area contributed by atoms with Crippen molar-refractivity contribution in [3.05, 3.63) is 45.7 Å². The van der Waals surface area contributed by atoms with E-state index in [2.05, 4.69) is 22.2 Å². The Morgan fingerprint density at radius 3 is 3.00 bits per heavy atom. The van der Waals surface area contributed by atoms with Crippen molar-refractivity contribution in [2.24, 2.45) is 5.92 Å². The standard InChI is InChI=1S/C17H21N3OS/c1-3-5-14-19-13(10-22-14)17(21)20-16(12-7-8-12)15-11(2)6-4-9-18-15/h4,6,9-10,12,16H,3,5,7-8H2,1-2H3,(H,20,21)/t16-/m0/s1. The number of thiazole rings is 1. The lowest BCUT2D eigenvalue weighted by Gasteiger charge is -2.19. The van der Waals surface area contributed by atoms with Gasteiger partial charge in [-0.3, -0.25) is 9.78 Å². The van der Waals surface area contributed by atoms with Crippen LogP contribution in [0.15, 0.2) is 23.7 Å². The average Bonchev–Trinajstić information content (AvgIpc) is 3.25. The number of carbonyl (C=O) groups is 1. The Bertz CT molecular complexity index is 663. The Labute approximate surface area is 135 Å². The van der Waals surface area contributed by atoms with Crippen LogP contribution in [0.1, 0.15) is 59.0 Å². The summed E-state index contributed by atoms with van der Waals surface area (Å²) in [6.45, 7) is 4.17. The highest BCUT2D eigenvalue weighted by atomic mass is 32.1. The van der Waals surface area contributed by atoms with Gasteiger partial charge in [-0.15, -0.1) is 11.3 Å². The number of aryl methyl sites for hydroxylation is 2. The Morgan fingerprint density at radius 1 is 1.50 bits per heavy atom. The molecule has 0 saturated heterocycles. The smallest absolute Gasteiger partial charge is 0.271 e. The molecule has 0 unspecified atom stereocenters. The van der Waals surface area contributed by atoms with E-state index in [1.807, 2.05) is 24.4 Å². The minimum atomic E-state index is -0.0828. The zero-order chi connectivity index (χ0) is 15.5. The molecule has 22 heavy (non-hydrogen) atoms. The van der Waals surface area contributed by atoms with Crippen molar-refractivity contribution in [1.29, 1.82) is 0 Å². The van der Waals surface area contributed by atoms with Gasteiger partial charge in [-0.1, -0.05) is 13.0 Å². The number of pyridine rings is 1. The number of nitrogens with zero attached hydrogens (tertiary/aromatic N) is 2. The molecule has 1 N–H and O–H groups in total. The fraction of sp³-hybridized carbons (Fsp3) is 0.471. The average molecular weight is 315 g/mol. The van der Waals surface area contributed by atoms with E-state index in [4.69, 9.17) is 0 Å². The highest BCUT2D eigenvalue weighted by Gasteiger charge is 2.35. The number of nitrogens with one attached hydrogen (secondary N) is 1. The van der Waals surface area contributed by atoms with E-state index < -0.39 is 0 Å². The number of hydrogen-bond acceptors (Lipinski definition) is 4. The molecule has 116 valence electrons. The molecule has 0 bridgehead atoms. The minimum Gasteiger partial charge on any atom is -0.342 e. The molecule has 2 aromatic heterocycles. The third-order valence-electron chi connectivity index (χ3n) is 3.97. The van der Waals surface area contributed by atoms with Crippen LogP contribution in [0.3, 0.4) is 0 Å². The van der Waals surface area contributed by atoms with Crippen LogP contribution in [-0.4, -0.2) is 15.9 Å². The molecule has 5 heteroatoms. The Balaban J connectivity index is 1.76. The molecular formula is C17H21N3OS. The van der Waals surface area contributed by atoms with Crippen LogP contribution < -0.4 is 5.32 Å². The molecule has 2 heterocycles. The lowest BCUT2D eigenvalue weighted by Crippen LogP contribution is -2.31. The van der Waals surface area contributed by atoms with Crippen molar-refractivity contribution in [3.8, 4) is 0 Å². The summed E-state index contributed by atoms with van der Waals surface area (Å²) < 4.78 is 0. The molecular weight excluding hydrogens is 294 g/mol. The maximum absolute atomic E-state index is 12.5. The third kappa shape index (κ3) is 3.35. The summed E-state index contributed by atoms with van der Waals surface area (Å²) in [5.74, 6) is 0.423. The lowest BCUT2D eigenvalue weighted by atomic mass is 10.0. The van der Waals surface area contributed by atoms with Crippen LogP contribution in [0.4, 0.5) is 0 Å². The summed E-state index contributed by atoms with van der Waals surface area (Å²) in [5, 5.41) is 6.04. The normalized spacial score (nSPS) is 15.5. The fourth-order valence-electron chi connectivity index (χ4n) is 2.62. The number of carbonyl (C=O) groups excluding carboxylic acids is 1. The summed E-state index contributed by atoms with van der Waals surface area (Å²) in [6, 6.07) is 3.98. The summed E-state index contributed by atoms with van der Waals surface area (Å²) in [5.41, 5.74) is 2.65. The van der Waals surface area contributed by atoms with E-state index in [1.54, 1.807) is 17.5 Å². The number of hydrogen-bond donors (Lipinski definition) is 1. The molecule has 1 aliphatic carbocycles. The fourth-order valence-corrected chi connectivity index (χ4v) is 3.50. The van der Waals surface area contributed by atoms with Crippen LogP contribution in [0.25, 0.3) is 0 Å². The van der Waals surface area contributed by atoms with Crippen LogP contribution in [0, 0.1) is 12.8 Å². The molecule has 1 aliphatic rings. The second kappa shape index (κ2) is 6.57.